The first-order valence-electron chi connectivity index (χ1n) is 10.9. The first-order chi connectivity index (χ1) is 15.6. The first kappa shape index (κ1) is 20.0. The lowest BCUT2D eigenvalue weighted by atomic mass is 10.1. The largest absolute Gasteiger partial charge is 0.341 e. The maximum Gasteiger partial charge on any atom is 0.255 e. The van der Waals surface area contributed by atoms with Crippen LogP contribution in [0.25, 0.3) is 10.8 Å². The molecule has 3 aromatic carbocycles. The van der Waals surface area contributed by atoms with Crippen LogP contribution in [-0.2, 0) is 0 Å². The Kier molecular flexibility index (Phi) is 5.42. The number of carbonyl (C=O) groups is 1. The number of aromatic nitrogens is 2. The Labute approximate surface area is 187 Å². The summed E-state index contributed by atoms with van der Waals surface area (Å²) in [4.78, 5) is 24.2. The molecule has 6 nitrogen and oxygen atoms in total. The Bertz CT molecular complexity index is 1260. The minimum atomic E-state index is -0.127. The zero-order chi connectivity index (χ0) is 21.9. The third kappa shape index (κ3) is 4.39. The molecule has 1 aliphatic heterocycles. The minimum Gasteiger partial charge on any atom is -0.341 e. The van der Waals surface area contributed by atoms with E-state index in [9.17, 15) is 4.79 Å². The van der Waals surface area contributed by atoms with Crippen molar-refractivity contribution in [2.45, 2.75) is 19.8 Å². The quantitative estimate of drug-likeness (QED) is 0.441. The number of benzene rings is 3. The van der Waals surface area contributed by atoms with Crippen molar-refractivity contribution < 1.29 is 4.79 Å². The van der Waals surface area contributed by atoms with Gasteiger partial charge in [-0.3, -0.25) is 4.79 Å². The normalized spacial score (nSPS) is 13.3. The highest BCUT2D eigenvalue weighted by atomic mass is 16.1. The van der Waals surface area contributed by atoms with Crippen molar-refractivity contribution in [2.75, 3.05) is 28.6 Å². The van der Waals surface area contributed by atoms with Gasteiger partial charge in [-0.2, -0.15) is 4.98 Å². The summed E-state index contributed by atoms with van der Waals surface area (Å²) >= 11 is 0. The van der Waals surface area contributed by atoms with Gasteiger partial charge in [0.1, 0.15) is 5.82 Å². The maximum atomic E-state index is 12.7. The van der Waals surface area contributed by atoms with E-state index in [4.69, 9.17) is 0 Å². The Morgan fingerprint density at radius 1 is 0.844 bits per heavy atom. The molecular weight excluding hydrogens is 398 g/mol. The number of fused-ring (bicyclic) bond motifs is 1. The van der Waals surface area contributed by atoms with Crippen LogP contribution in [0, 0.1) is 6.92 Å². The molecule has 0 saturated carbocycles. The topological polar surface area (TPSA) is 70.2 Å². The van der Waals surface area contributed by atoms with E-state index in [0.717, 1.165) is 52.7 Å². The van der Waals surface area contributed by atoms with Crippen molar-refractivity contribution in [3.8, 4) is 0 Å². The SMILES string of the molecule is Cc1cc(Nc2ccc(NC(=O)c3ccc4ccccc4c3)cc2)nc(N2CCCC2)n1. The predicted molar refractivity (Wildman–Crippen MR) is 130 cm³/mol. The zero-order valence-electron chi connectivity index (χ0n) is 18.0. The lowest BCUT2D eigenvalue weighted by Crippen LogP contribution is -2.21. The van der Waals surface area contributed by atoms with Gasteiger partial charge in [0.2, 0.25) is 5.95 Å². The molecule has 2 N–H and O–H groups in total. The van der Waals surface area contributed by atoms with E-state index in [0.29, 0.717) is 5.56 Å². The summed E-state index contributed by atoms with van der Waals surface area (Å²) in [7, 11) is 0. The summed E-state index contributed by atoms with van der Waals surface area (Å²) in [5, 5.41) is 8.49. The van der Waals surface area contributed by atoms with Crippen LogP contribution in [0.15, 0.2) is 72.8 Å². The second-order valence-corrected chi connectivity index (χ2v) is 8.11. The number of amides is 1. The van der Waals surface area contributed by atoms with Gasteiger partial charge < -0.3 is 15.5 Å². The highest BCUT2D eigenvalue weighted by molar-refractivity contribution is 6.06. The summed E-state index contributed by atoms with van der Waals surface area (Å²) in [6.45, 7) is 4.00. The van der Waals surface area contributed by atoms with Gasteiger partial charge in [-0.15, -0.1) is 0 Å². The third-order valence-electron chi connectivity index (χ3n) is 5.66. The monoisotopic (exact) mass is 423 g/mol. The van der Waals surface area contributed by atoms with Gasteiger partial charge in [0.25, 0.3) is 5.91 Å². The molecule has 0 radical (unpaired) electrons. The number of hydrogen-bond donors (Lipinski definition) is 2. The Morgan fingerprint density at radius 3 is 2.34 bits per heavy atom. The van der Waals surface area contributed by atoms with Crippen molar-refractivity contribution in [1.82, 2.24) is 9.97 Å². The molecule has 0 spiro atoms. The summed E-state index contributed by atoms with van der Waals surface area (Å²) in [5.41, 5.74) is 3.21. The van der Waals surface area contributed by atoms with E-state index in [2.05, 4.69) is 25.5 Å². The third-order valence-corrected chi connectivity index (χ3v) is 5.66. The number of rotatable bonds is 5. The fourth-order valence-corrected chi connectivity index (χ4v) is 3.99. The van der Waals surface area contributed by atoms with Crippen molar-refractivity contribution in [2.24, 2.45) is 0 Å². The highest BCUT2D eigenvalue weighted by Crippen LogP contribution is 2.23. The van der Waals surface area contributed by atoms with Gasteiger partial charge in [-0.25, -0.2) is 4.98 Å². The predicted octanol–water partition coefficient (Wildman–Crippen LogP) is 5.53. The van der Waals surface area contributed by atoms with Crippen LogP contribution in [0.5, 0.6) is 0 Å². The Hall–Kier alpha value is -3.93. The number of nitrogens with one attached hydrogen (secondary N) is 2. The molecule has 0 atom stereocenters. The number of carbonyl (C=O) groups excluding carboxylic acids is 1. The molecule has 4 aromatic rings. The standard InChI is InChI=1S/C26H25N5O/c1-18-16-24(30-26(27-18)31-14-4-5-15-31)28-22-10-12-23(13-11-22)29-25(32)21-9-8-19-6-2-3-7-20(19)17-21/h2-3,6-13,16-17H,4-5,14-15H2,1H3,(H,29,32)(H,27,28,30). The van der Waals surface area contributed by atoms with Crippen LogP contribution in [0.1, 0.15) is 28.9 Å². The lowest BCUT2D eigenvalue weighted by molar-refractivity contribution is 0.102. The molecule has 0 unspecified atom stereocenters. The van der Waals surface area contributed by atoms with Crippen LogP contribution in [0.4, 0.5) is 23.1 Å². The van der Waals surface area contributed by atoms with E-state index < -0.39 is 0 Å². The molecule has 32 heavy (non-hydrogen) atoms. The van der Waals surface area contributed by atoms with Gasteiger partial charge >= 0.3 is 0 Å². The van der Waals surface area contributed by atoms with Gasteiger partial charge in [-0.05, 0) is 66.9 Å². The lowest BCUT2D eigenvalue weighted by Gasteiger charge is -2.17. The number of anilines is 4. The molecule has 6 heteroatoms. The molecule has 1 aliphatic rings. The molecule has 0 bridgehead atoms. The number of hydrogen-bond acceptors (Lipinski definition) is 5. The molecule has 1 fully saturated rings. The van der Waals surface area contributed by atoms with Crippen LogP contribution < -0.4 is 15.5 Å². The van der Waals surface area contributed by atoms with Crippen LogP contribution >= 0.6 is 0 Å². The Morgan fingerprint density at radius 2 is 1.56 bits per heavy atom. The highest BCUT2D eigenvalue weighted by Gasteiger charge is 2.16. The molecule has 0 aliphatic carbocycles. The van der Waals surface area contributed by atoms with Crippen molar-refractivity contribution >= 4 is 39.8 Å². The van der Waals surface area contributed by atoms with Crippen LogP contribution in [0.3, 0.4) is 0 Å². The van der Waals surface area contributed by atoms with Crippen LogP contribution in [0.2, 0.25) is 0 Å². The second kappa shape index (κ2) is 8.67. The summed E-state index contributed by atoms with van der Waals surface area (Å²) < 4.78 is 0. The maximum absolute atomic E-state index is 12.7. The smallest absolute Gasteiger partial charge is 0.255 e. The van der Waals surface area contributed by atoms with Crippen molar-refractivity contribution in [3.63, 3.8) is 0 Å². The zero-order valence-corrected chi connectivity index (χ0v) is 18.0. The van der Waals surface area contributed by atoms with E-state index in [1.807, 2.05) is 79.7 Å². The summed E-state index contributed by atoms with van der Waals surface area (Å²) in [5.74, 6) is 1.43. The van der Waals surface area contributed by atoms with Gasteiger partial charge in [-0.1, -0.05) is 30.3 Å². The van der Waals surface area contributed by atoms with E-state index in [-0.39, 0.29) is 5.91 Å². The van der Waals surface area contributed by atoms with Crippen molar-refractivity contribution in [1.29, 1.82) is 0 Å². The molecule has 5 rings (SSSR count). The Balaban J connectivity index is 1.27. The number of nitrogens with zero attached hydrogens (tertiary/aromatic N) is 3. The van der Waals surface area contributed by atoms with Gasteiger partial charge in [0.05, 0.1) is 0 Å². The minimum absolute atomic E-state index is 0.127. The molecular formula is C26H25N5O. The summed E-state index contributed by atoms with van der Waals surface area (Å²) in [6, 6.07) is 23.3. The molecule has 1 saturated heterocycles. The van der Waals surface area contributed by atoms with Crippen molar-refractivity contribution in [3.05, 3.63) is 84.1 Å². The average Bonchev–Trinajstić information content (AvgIpc) is 3.35. The fraction of sp³-hybridized carbons (Fsp3) is 0.192. The molecule has 1 amide bonds. The first-order valence-corrected chi connectivity index (χ1v) is 10.9. The van der Waals surface area contributed by atoms with E-state index in [1.165, 1.54) is 12.8 Å². The van der Waals surface area contributed by atoms with Gasteiger partial charge in [0, 0.05) is 41.8 Å². The van der Waals surface area contributed by atoms with Crippen LogP contribution in [-0.4, -0.2) is 29.0 Å². The summed E-state index contributed by atoms with van der Waals surface area (Å²) in [6.07, 6.45) is 2.37. The fourth-order valence-electron chi connectivity index (χ4n) is 3.99. The molecule has 160 valence electrons. The second-order valence-electron chi connectivity index (χ2n) is 8.11. The molecule has 2 heterocycles. The van der Waals surface area contributed by atoms with E-state index >= 15 is 0 Å². The van der Waals surface area contributed by atoms with E-state index in [1.54, 1.807) is 0 Å². The number of aryl methyl sites for hydroxylation is 1. The van der Waals surface area contributed by atoms with Gasteiger partial charge in [0.15, 0.2) is 0 Å². The average molecular weight is 424 g/mol. The molecule has 1 aromatic heterocycles.